The second-order valence-electron chi connectivity index (χ2n) is 5.63. The number of nitrogens with zero attached hydrogens (tertiary/aromatic N) is 2. The topological polar surface area (TPSA) is 49.8 Å². The summed E-state index contributed by atoms with van der Waals surface area (Å²) in [5.74, 6) is 0.0929. The van der Waals surface area contributed by atoms with E-state index in [4.69, 9.17) is 0 Å². The molecule has 3 aromatic rings. The van der Waals surface area contributed by atoms with E-state index in [9.17, 15) is 26.3 Å². The highest BCUT2D eigenvalue weighted by Crippen LogP contribution is 2.35. The first-order valence-corrected chi connectivity index (χ1v) is 7.83. The average Bonchev–Trinajstić information content (AvgIpc) is 2.61. The van der Waals surface area contributed by atoms with E-state index in [2.05, 4.69) is 20.6 Å². The number of halogens is 6. The van der Waals surface area contributed by atoms with Gasteiger partial charge in [0.15, 0.2) is 0 Å². The Hall–Kier alpha value is -3.30. The second-order valence-corrected chi connectivity index (χ2v) is 5.63. The second kappa shape index (κ2) is 7.37. The molecule has 0 fully saturated rings. The first kappa shape index (κ1) is 19.5. The molecule has 2 N–H and O–H groups in total. The number of nitrogens with one attached hydrogen (secondary N) is 2. The Balaban J connectivity index is 1.79. The largest absolute Gasteiger partial charge is 0.418 e. The van der Waals surface area contributed by atoms with Crippen LogP contribution < -0.4 is 10.6 Å². The normalized spacial score (nSPS) is 11.9. The van der Waals surface area contributed by atoms with E-state index >= 15 is 0 Å². The first-order chi connectivity index (χ1) is 13.1. The lowest BCUT2D eigenvalue weighted by atomic mass is 10.1. The molecule has 3 rings (SSSR count). The van der Waals surface area contributed by atoms with Gasteiger partial charge in [-0.1, -0.05) is 12.1 Å². The minimum absolute atomic E-state index is 0.00856. The zero-order valence-electron chi connectivity index (χ0n) is 13.9. The summed E-state index contributed by atoms with van der Waals surface area (Å²) in [6, 6.07) is 10.5. The van der Waals surface area contributed by atoms with Gasteiger partial charge in [0.05, 0.1) is 16.8 Å². The summed E-state index contributed by atoms with van der Waals surface area (Å²) < 4.78 is 77.0. The van der Waals surface area contributed by atoms with Crippen molar-refractivity contribution in [1.82, 2.24) is 9.97 Å². The van der Waals surface area contributed by atoms with Gasteiger partial charge in [0, 0.05) is 11.9 Å². The molecule has 146 valence electrons. The molecule has 0 atom stereocenters. The number of para-hydroxylation sites is 1. The maximum Gasteiger partial charge on any atom is 0.418 e. The van der Waals surface area contributed by atoms with E-state index in [-0.39, 0.29) is 17.5 Å². The van der Waals surface area contributed by atoms with Crippen LogP contribution in [0.15, 0.2) is 60.8 Å². The Morgan fingerprint density at radius 1 is 0.714 bits per heavy atom. The molecule has 0 saturated carbocycles. The number of hydrogen-bond donors (Lipinski definition) is 2. The number of aromatic nitrogens is 2. The molecular weight excluding hydrogens is 386 g/mol. The fraction of sp³-hybridized carbons (Fsp3) is 0.111. The SMILES string of the molecule is FC(F)(F)c1ccc(Nc2nccc(Nc3ccccc3C(F)(F)F)n2)cc1. The van der Waals surface area contributed by atoms with Crippen LogP contribution in [0.5, 0.6) is 0 Å². The molecule has 0 aliphatic carbocycles. The smallest absolute Gasteiger partial charge is 0.340 e. The van der Waals surface area contributed by atoms with Gasteiger partial charge >= 0.3 is 12.4 Å². The van der Waals surface area contributed by atoms with Gasteiger partial charge in [-0.2, -0.15) is 31.3 Å². The van der Waals surface area contributed by atoms with Crippen molar-refractivity contribution < 1.29 is 26.3 Å². The number of hydrogen-bond acceptors (Lipinski definition) is 4. The fourth-order valence-electron chi connectivity index (χ4n) is 2.34. The number of benzene rings is 2. The quantitative estimate of drug-likeness (QED) is 0.529. The van der Waals surface area contributed by atoms with Gasteiger partial charge in [-0.3, -0.25) is 0 Å². The maximum atomic E-state index is 13.1. The van der Waals surface area contributed by atoms with Gasteiger partial charge in [0.2, 0.25) is 5.95 Å². The lowest BCUT2D eigenvalue weighted by Crippen LogP contribution is -2.09. The van der Waals surface area contributed by atoms with Crippen molar-refractivity contribution in [3.63, 3.8) is 0 Å². The molecule has 2 aromatic carbocycles. The van der Waals surface area contributed by atoms with Crippen LogP contribution in [0.3, 0.4) is 0 Å². The standard InChI is InChI=1S/C18H12F6N4/c19-17(20,21)11-5-7-12(8-6-11)26-16-25-10-9-15(28-16)27-14-4-2-1-3-13(14)18(22,23)24/h1-10H,(H2,25,26,27,28). The zero-order chi connectivity index (χ0) is 20.4. The van der Waals surface area contributed by atoms with Crippen LogP contribution in [0.1, 0.15) is 11.1 Å². The van der Waals surface area contributed by atoms with Crippen molar-refractivity contribution in [3.8, 4) is 0 Å². The molecule has 0 unspecified atom stereocenters. The van der Waals surface area contributed by atoms with Crippen LogP contribution in [-0.2, 0) is 12.4 Å². The third kappa shape index (κ3) is 4.70. The van der Waals surface area contributed by atoms with Crippen molar-refractivity contribution in [1.29, 1.82) is 0 Å². The Labute approximate surface area is 155 Å². The van der Waals surface area contributed by atoms with Gasteiger partial charge in [0.1, 0.15) is 5.82 Å². The van der Waals surface area contributed by atoms with Crippen LogP contribution in [0.25, 0.3) is 0 Å². The molecule has 0 radical (unpaired) electrons. The molecule has 0 bridgehead atoms. The Bertz CT molecular complexity index is 951. The van der Waals surface area contributed by atoms with Gasteiger partial charge in [-0.05, 0) is 42.5 Å². The van der Waals surface area contributed by atoms with Crippen LogP contribution in [0.2, 0.25) is 0 Å². The molecule has 0 spiro atoms. The molecule has 1 heterocycles. The predicted molar refractivity (Wildman–Crippen MR) is 91.5 cm³/mol. The summed E-state index contributed by atoms with van der Waals surface area (Å²) in [5.41, 5.74) is -1.56. The number of rotatable bonds is 4. The lowest BCUT2D eigenvalue weighted by Gasteiger charge is -2.14. The molecule has 10 heteroatoms. The van der Waals surface area contributed by atoms with Gasteiger partial charge in [-0.25, -0.2) is 4.98 Å². The number of anilines is 4. The van der Waals surface area contributed by atoms with E-state index in [1.807, 2.05) is 0 Å². The van der Waals surface area contributed by atoms with E-state index in [0.29, 0.717) is 5.69 Å². The molecule has 0 aliphatic rings. The summed E-state index contributed by atoms with van der Waals surface area (Å²) >= 11 is 0. The monoisotopic (exact) mass is 398 g/mol. The zero-order valence-corrected chi connectivity index (χ0v) is 13.9. The van der Waals surface area contributed by atoms with Crippen LogP contribution in [0.4, 0.5) is 49.5 Å². The molecule has 0 amide bonds. The van der Waals surface area contributed by atoms with Crippen molar-refractivity contribution in [2.45, 2.75) is 12.4 Å². The van der Waals surface area contributed by atoms with Crippen LogP contribution in [-0.4, -0.2) is 9.97 Å². The van der Waals surface area contributed by atoms with Crippen molar-refractivity contribution >= 4 is 23.1 Å². The summed E-state index contributed by atoms with van der Waals surface area (Å²) in [5, 5.41) is 5.28. The Morgan fingerprint density at radius 2 is 1.39 bits per heavy atom. The molecule has 0 saturated heterocycles. The minimum atomic E-state index is -4.54. The summed E-state index contributed by atoms with van der Waals surface area (Å²) in [6.45, 7) is 0. The first-order valence-electron chi connectivity index (χ1n) is 7.83. The summed E-state index contributed by atoms with van der Waals surface area (Å²) in [6.07, 6.45) is -7.69. The minimum Gasteiger partial charge on any atom is -0.340 e. The van der Waals surface area contributed by atoms with Crippen molar-refractivity contribution in [2.75, 3.05) is 10.6 Å². The third-order valence-electron chi connectivity index (χ3n) is 3.62. The highest BCUT2D eigenvalue weighted by Gasteiger charge is 2.33. The van der Waals surface area contributed by atoms with Crippen LogP contribution >= 0.6 is 0 Å². The Kier molecular flexibility index (Phi) is 5.12. The fourth-order valence-corrected chi connectivity index (χ4v) is 2.34. The average molecular weight is 398 g/mol. The van der Waals surface area contributed by atoms with E-state index in [0.717, 1.165) is 18.2 Å². The molecule has 28 heavy (non-hydrogen) atoms. The van der Waals surface area contributed by atoms with Crippen LogP contribution in [0, 0.1) is 0 Å². The van der Waals surface area contributed by atoms with Gasteiger partial charge in [-0.15, -0.1) is 0 Å². The van der Waals surface area contributed by atoms with E-state index in [1.165, 1.54) is 42.6 Å². The lowest BCUT2D eigenvalue weighted by molar-refractivity contribution is -0.138. The highest BCUT2D eigenvalue weighted by atomic mass is 19.4. The summed E-state index contributed by atoms with van der Waals surface area (Å²) in [4.78, 5) is 7.95. The predicted octanol–water partition coefficient (Wildman–Crippen LogP) is 6.00. The van der Waals surface area contributed by atoms with E-state index in [1.54, 1.807) is 0 Å². The van der Waals surface area contributed by atoms with Gasteiger partial charge in [0.25, 0.3) is 0 Å². The third-order valence-corrected chi connectivity index (χ3v) is 3.62. The molecule has 1 aromatic heterocycles. The van der Waals surface area contributed by atoms with Crippen molar-refractivity contribution in [2.24, 2.45) is 0 Å². The Morgan fingerprint density at radius 3 is 2.04 bits per heavy atom. The maximum absolute atomic E-state index is 13.1. The van der Waals surface area contributed by atoms with E-state index < -0.39 is 23.5 Å². The molecular formula is C18H12F6N4. The van der Waals surface area contributed by atoms with Crippen molar-refractivity contribution in [3.05, 3.63) is 71.9 Å². The molecule has 4 nitrogen and oxygen atoms in total. The number of alkyl halides is 6. The summed E-state index contributed by atoms with van der Waals surface area (Å²) in [7, 11) is 0. The van der Waals surface area contributed by atoms with Gasteiger partial charge < -0.3 is 10.6 Å². The highest BCUT2D eigenvalue weighted by molar-refractivity contribution is 5.63. The molecule has 0 aliphatic heterocycles.